The van der Waals surface area contributed by atoms with Gasteiger partial charge in [-0.05, 0) is 39.0 Å². The summed E-state index contributed by atoms with van der Waals surface area (Å²) >= 11 is 0. The minimum absolute atomic E-state index is 0.230. The van der Waals surface area contributed by atoms with Crippen molar-refractivity contribution >= 4 is 15.5 Å². The van der Waals surface area contributed by atoms with Crippen LogP contribution in [0.2, 0.25) is 0 Å². The third-order valence-corrected chi connectivity index (χ3v) is 5.03. The van der Waals surface area contributed by atoms with Crippen molar-refractivity contribution in [1.29, 1.82) is 0 Å². The average Bonchev–Trinajstić information content (AvgIpc) is 2.88. The number of hydrogen-bond donors (Lipinski definition) is 1. The fraction of sp³-hybridized carbons (Fsp3) is 0.250. The summed E-state index contributed by atoms with van der Waals surface area (Å²) in [4.78, 5) is 4.21. The van der Waals surface area contributed by atoms with Crippen molar-refractivity contribution in [3.63, 3.8) is 0 Å². The fourth-order valence-corrected chi connectivity index (χ4v) is 4.07. The molecule has 0 aliphatic heterocycles. The molecule has 0 aliphatic carbocycles. The van der Waals surface area contributed by atoms with Crippen molar-refractivity contribution in [3.05, 3.63) is 48.9 Å². The molecule has 0 bridgehead atoms. The largest absolute Gasteiger partial charge is 0.241 e. The van der Waals surface area contributed by atoms with Gasteiger partial charge in [0.25, 0.3) is 0 Å². The van der Waals surface area contributed by atoms with Gasteiger partial charge in [0.05, 0.1) is 22.3 Å². The van der Waals surface area contributed by atoms with E-state index in [2.05, 4.69) is 14.8 Å². The molecule has 1 N–H and O–H groups in total. The first-order valence-electron chi connectivity index (χ1n) is 7.19. The van der Waals surface area contributed by atoms with Crippen LogP contribution in [-0.4, -0.2) is 28.6 Å². The first kappa shape index (κ1) is 15.6. The van der Waals surface area contributed by atoms with Crippen molar-refractivity contribution in [2.75, 3.05) is 0 Å². The first-order valence-corrected chi connectivity index (χ1v) is 8.67. The molecule has 0 atom stereocenters. The first-order chi connectivity index (χ1) is 10.8. The summed E-state index contributed by atoms with van der Waals surface area (Å²) in [6, 6.07) is 10.6. The van der Waals surface area contributed by atoms with Crippen molar-refractivity contribution in [2.45, 2.75) is 31.2 Å². The number of nitrogens with zero attached hydrogens (tertiary/aromatic N) is 3. The van der Waals surface area contributed by atoms with Crippen LogP contribution in [0, 0.1) is 0 Å². The Labute approximate surface area is 135 Å². The van der Waals surface area contributed by atoms with Crippen LogP contribution < -0.4 is 4.72 Å². The zero-order valence-electron chi connectivity index (χ0n) is 13.2. The standard InChI is InChI=1S/C16H18N4O2S/c1-16(2,3)19-23(21,22)15-7-5-4-6-13(15)14-9-8-12-10-17-11-18-20(12)14/h4-11,19H,1-3H3. The fourth-order valence-electron chi connectivity index (χ4n) is 2.44. The Balaban J connectivity index is 2.20. The predicted molar refractivity (Wildman–Crippen MR) is 88.5 cm³/mol. The molecule has 2 heterocycles. The molecule has 120 valence electrons. The normalized spacial score (nSPS) is 12.7. The Morgan fingerprint density at radius 1 is 1.09 bits per heavy atom. The summed E-state index contributed by atoms with van der Waals surface area (Å²) in [5.74, 6) is 0. The summed E-state index contributed by atoms with van der Waals surface area (Å²) in [6.07, 6.45) is 3.11. The quantitative estimate of drug-likeness (QED) is 0.800. The molecule has 0 saturated carbocycles. The van der Waals surface area contributed by atoms with Gasteiger partial charge in [-0.15, -0.1) is 0 Å². The van der Waals surface area contributed by atoms with Gasteiger partial charge < -0.3 is 0 Å². The highest BCUT2D eigenvalue weighted by Crippen LogP contribution is 2.28. The number of fused-ring (bicyclic) bond motifs is 1. The zero-order valence-corrected chi connectivity index (χ0v) is 14.0. The van der Waals surface area contributed by atoms with Crippen molar-refractivity contribution in [1.82, 2.24) is 19.3 Å². The van der Waals surface area contributed by atoms with E-state index < -0.39 is 15.6 Å². The molecule has 0 saturated heterocycles. The van der Waals surface area contributed by atoms with Gasteiger partial charge in [-0.2, -0.15) is 5.10 Å². The van der Waals surface area contributed by atoms with Gasteiger partial charge in [0.15, 0.2) is 0 Å². The molecule has 7 heteroatoms. The molecule has 3 aromatic rings. The van der Waals surface area contributed by atoms with Gasteiger partial charge >= 0.3 is 0 Å². The predicted octanol–water partition coefficient (Wildman–Crippen LogP) is 2.47. The molecule has 0 amide bonds. The molecule has 23 heavy (non-hydrogen) atoms. The van der Waals surface area contributed by atoms with Gasteiger partial charge in [0, 0.05) is 11.1 Å². The number of rotatable bonds is 3. The van der Waals surface area contributed by atoms with E-state index in [0.29, 0.717) is 11.3 Å². The second-order valence-corrected chi connectivity index (χ2v) is 7.97. The maximum atomic E-state index is 12.7. The molecule has 1 aromatic carbocycles. The van der Waals surface area contributed by atoms with Crippen molar-refractivity contribution in [3.8, 4) is 11.3 Å². The van der Waals surface area contributed by atoms with Gasteiger partial charge in [0.1, 0.15) is 6.33 Å². The molecule has 0 unspecified atom stereocenters. The van der Waals surface area contributed by atoms with Gasteiger partial charge in [-0.1, -0.05) is 18.2 Å². The third-order valence-electron chi connectivity index (χ3n) is 3.22. The van der Waals surface area contributed by atoms with Crippen LogP contribution in [0.4, 0.5) is 0 Å². The maximum absolute atomic E-state index is 12.7. The molecule has 0 aliphatic rings. The van der Waals surface area contributed by atoms with Crippen molar-refractivity contribution in [2.24, 2.45) is 0 Å². The van der Waals surface area contributed by atoms with Crippen LogP contribution >= 0.6 is 0 Å². The third kappa shape index (κ3) is 3.11. The molecular weight excluding hydrogens is 312 g/mol. The highest BCUT2D eigenvalue weighted by atomic mass is 32.2. The average molecular weight is 330 g/mol. The smallest absolute Gasteiger partial charge is 0.241 e. The molecule has 0 spiro atoms. The summed E-state index contributed by atoms with van der Waals surface area (Å²) in [6.45, 7) is 5.44. The van der Waals surface area contributed by atoms with Crippen LogP contribution in [0.25, 0.3) is 16.8 Å². The van der Waals surface area contributed by atoms with Gasteiger partial charge in [0.2, 0.25) is 10.0 Å². The second kappa shape index (κ2) is 5.43. The number of nitrogens with one attached hydrogen (secondary N) is 1. The molecule has 2 aromatic heterocycles. The van der Waals surface area contributed by atoms with E-state index in [1.807, 2.05) is 39.0 Å². The van der Waals surface area contributed by atoms with E-state index in [0.717, 1.165) is 5.52 Å². The number of hydrogen-bond acceptors (Lipinski definition) is 4. The van der Waals surface area contributed by atoms with E-state index in [4.69, 9.17) is 0 Å². The SMILES string of the molecule is CC(C)(C)NS(=O)(=O)c1ccccc1-c1ccc2cncnn12. The van der Waals surface area contributed by atoms with E-state index in [9.17, 15) is 8.42 Å². The Hall–Kier alpha value is -2.25. The molecule has 0 radical (unpaired) electrons. The maximum Gasteiger partial charge on any atom is 0.241 e. The lowest BCUT2D eigenvalue weighted by molar-refractivity contribution is 0.491. The monoisotopic (exact) mass is 330 g/mol. The van der Waals surface area contributed by atoms with Crippen LogP contribution in [0.5, 0.6) is 0 Å². The number of sulfonamides is 1. The van der Waals surface area contributed by atoms with Crippen LogP contribution in [0.1, 0.15) is 20.8 Å². The Kier molecular flexibility index (Phi) is 3.69. The summed E-state index contributed by atoms with van der Waals surface area (Å²) in [5, 5.41) is 4.21. The lowest BCUT2D eigenvalue weighted by Crippen LogP contribution is -2.40. The summed E-state index contributed by atoms with van der Waals surface area (Å²) in [7, 11) is -3.65. The molecule has 0 fully saturated rings. The summed E-state index contributed by atoms with van der Waals surface area (Å²) in [5.41, 5.74) is 1.55. The number of benzene rings is 1. The van der Waals surface area contributed by atoms with E-state index in [1.165, 1.54) is 6.33 Å². The highest BCUT2D eigenvalue weighted by molar-refractivity contribution is 7.89. The molecule has 6 nitrogen and oxygen atoms in total. The molecule has 3 rings (SSSR count). The van der Waals surface area contributed by atoms with Crippen LogP contribution in [0.15, 0.2) is 53.8 Å². The van der Waals surface area contributed by atoms with Crippen LogP contribution in [-0.2, 0) is 10.0 Å². The highest BCUT2D eigenvalue weighted by Gasteiger charge is 2.25. The lowest BCUT2D eigenvalue weighted by atomic mass is 10.1. The van der Waals surface area contributed by atoms with E-state index in [-0.39, 0.29) is 4.90 Å². The van der Waals surface area contributed by atoms with Crippen LogP contribution in [0.3, 0.4) is 0 Å². The lowest BCUT2D eigenvalue weighted by Gasteiger charge is -2.21. The van der Waals surface area contributed by atoms with Gasteiger partial charge in [-0.25, -0.2) is 22.6 Å². The Morgan fingerprint density at radius 3 is 2.57 bits per heavy atom. The zero-order chi connectivity index (χ0) is 16.7. The second-order valence-electron chi connectivity index (χ2n) is 6.32. The topological polar surface area (TPSA) is 76.4 Å². The minimum Gasteiger partial charge on any atom is -0.241 e. The summed E-state index contributed by atoms with van der Waals surface area (Å²) < 4.78 is 29.9. The Morgan fingerprint density at radius 2 is 1.83 bits per heavy atom. The van der Waals surface area contributed by atoms with E-state index in [1.54, 1.807) is 28.9 Å². The number of aromatic nitrogens is 3. The van der Waals surface area contributed by atoms with E-state index >= 15 is 0 Å². The molecular formula is C16H18N4O2S. The van der Waals surface area contributed by atoms with Crippen molar-refractivity contribution < 1.29 is 8.42 Å². The van der Waals surface area contributed by atoms with Gasteiger partial charge in [-0.3, -0.25) is 0 Å². The Bertz CT molecular complexity index is 955. The minimum atomic E-state index is -3.65.